The van der Waals surface area contributed by atoms with Crippen LogP contribution in [0.25, 0.3) is 0 Å². The molecule has 0 heterocycles. The van der Waals surface area contributed by atoms with Gasteiger partial charge in [0.05, 0.1) is 11.8 Å². The molecular formula is C23H24N2O4. The second-order valence-corrected chi connectivity index (χ2v) is 6.57. The first-order valence-electron chi connectivity index (χ1n) is 9.39. The molecule has 1 atom stereocenters. The number of carbonyl (C=O) groups excluding carboxylic acids is 1. The molecular weight excluding hydrogens is 368 g/mol. The Labute approximate surface area is 169 Å². The van der Waals surface area contributed by atoms with Crippen LogP contribution >= 0.6 is 0 Å². The van der Waals surface area contributed by atoms with E-state index in [1.807, 2.05) is 54.6 Å². The molecule has 0 saturated heterocycles. The van der Waals surface area contributed by atoms with Crippen LogP contribution in [0.2, 0.25) is 0 Å². The van der Waals surface area contributed by atoms with Crippen LogP contribution in [0.1, 0.15) is 17.2 Å². The second kappa shape index (κ2) is 10.3. The highest BCUT2D eigenvalue weighted by molar-refractivity contribution is 5.75. The summed E-state index contributed by atoms with van der Waals surface area (Å²) >= 11 is 0. The normalized spacial score (nSPS) is 11.6. The minimum Gasteiger partial charge on any atom is -0.506 e. The Morgan fingerprint density at radius 2 is 1.69 bits per heavy atom. The molecule has 29 heavy (non-hydrogen) atoms. The van der Waals surface area contributed by atoms with Gasteiger partial charge in [0.15, 0.2) is 0 Å². The summed E-state index contributed by atoms with van der Waals surface area (Å²) in [7, 11) is 0. The summed E-state index contributed by atoms with van der Waals surface area (Å²) in [5.41, 5.74) is 2.05. The zero-order valence-electron chi connectivity index (χ0n) is 15.9. The molecule has 0 spiro atoms. The number of ether oxygens (including phenoxy) is 1. The van der Waals surface area contributed by atoms with E-state index in [1.165, 1.54) is 6.07 Å². The SMILES string of the molecule is O=CNc1cc([C@@H](O)CNCCc2ccc(Oc3ccccc3)cc2)ccc1O. The average molecular weight is 392 g/mol. The largest absolute Gasteiger partial charge is 0.506 e. The minimum atomic E-state index is -0.746. The van der Waals surface area contributed by atoms with Crippen molar-refractivity contribution in [3.8, 4) is 17.2 Å². The van der Waals surface area contributed by atoms with Crippen molar-refractivity contribution in [1.29, 1.82) is 0 Å². The molecule has 3 aromatic carbocycles. The number of amides is 1. The number of para-hydroxylation sites is 1. The van der Waals surface area contributed by atoms with Crippen molar-refractivity contribution >= 4 is 12.1 Å². The third-order valence-corrected chi connectivity index (χ3v) is 4.45. The molecule has 6 nitrogen and oxygen atoms in total. The fraction of sp³-hybridized carbons (Fsp3) is 0.174. The van der Waals surface area contributed by atoms with E-state index in [1.54, 1.807) is 12.1 Å². The fourth-order valence-corrected chi connectivity index (χ4v) is 2.88. The molecule has 0 aliphatic carbocycles. The summed E-state index contributed by atoms with van der Waals surface area (Å²) < 4.78 is 5.78. The van der Waals surface area contributed by atoms with Crippen molar-refractivity contribution < 1.29 is 19.7 Å². The molecule has 1 amide bonds. The summed E-state index contributed by atoms with van der Waals surface area (Å²) in [5.74, 6) is 1.55. The van der Waals surface area contributed by atoms with E-state index in [0.29, 0.717) is 25.1 Å². The molecule has 0 aliphatic rings. The smallest absolute Gasteiger partial charge is 0.211 e. The number of nitrogens with one attached hydrogen (secondary N) is 2. The number of phenolic OH excluding ortho intramolecular Hbond substituents is 1. The number of anilines is 1. The lowest BCUT2D eigenvalue weighted by molar-refractivity contribution is -0.105. The van der Waals surface area contributed by atoms with E-state index in [0.717, 1.165) is 23.5 Å². The number of aromatic hydroxyl groups is 1. The van der Waals surface area contributed by atoms with Gasteiger partial charge >= 0.3 is 0 Å². The first-order valence-corrected chi connectivity index (χ1v) is 9.39. The molecule has 0 unspecified atom stereocenters. The van der Waals surface area contributed by atoms with Gasteiger partial charge in [-0.3, -0.25) is 4.79 Å². The number of aliphatic hydroxyl groups excluding tert-OH is 1. The standard InChI is InChI=1S/C23H24N2O4/c26-16-25-21-14-18(8-11-22(21)27)23(28)15-24-13-12-17-6-9-20(10-7-17)29-19-4-2-1-3-5-19/h1-11,14,16,23-24,27-28H,12-13,15H2,(H,25,26)/t23-/m0/s1. The number of benzene rings is 3. The highest BCUT2D eigenvalue weighted by Gasteiger charge is 2.10. The number of hydrogen-bond donors (Lipinski definition) is 4. The third kappa shape index (κ3) is 6.07. The lowest BCUT2D eigenvalue weighted by Crippen LogP contribution is -2.23. The van der Waals surface area contributed by atoms with E-state index in [9.17, 15) is 15.0 Å². The first-order chi connectivity index (χ1) is 14.2. The molecule has 3 rings (SSSR count). The van der Waals surface area contributed by atoms with E-state index in [4.69, 9.17) is 4.74 Å². The second-order valence-electron chi connectivity index (χ2n) is 6.57. The lowest BCUT2D eigenvalue weighted by Gasteiger charge is -2.14. The first kappa shape index (κ1) is 20.4. The zero-order chi connectivity index (χ0) is 20.5. The van der Waals surface area contributed by atoms with Crippen LogP contribution in [0, 0.1) is 0 Å². The molecule has 3 aromatic rings. The van der Waals surface area contributed by atoms with Crippen molar-refractivity contribution in [3.63, 3.8) is 0 Å². The molecule has 0 aromatic heterocycles. The van der Waals surface area contributed by atoms with Crippen molar-refractivity contribution in [2.45, 2.75) is 12.5 Å². The van der Waals surface area contributed by atoms with Crippen molar-refractivity contribution in [2.75, 3.05) is 18.4 Å². The molecule has 6 heteroatoms. The molecule has 0 bridgehead atoms. The summed E-state index contributed by atoms with van der Waals surface area (Å²) in [6.45, 7) is 1.06. The Bertz CT molecular complexity index is 914. The van der Waals surface area contributed by atoms with Gasteiger partial charge in [-0.1, -0.05) is 36.4 Å². The van der Waals surface area contributed by atoms with Gasteiger partial charge in [0.1, 0.15) is 17.2 Å². The van der Waals surface area contributed by atoms with Crippen molar-refractivity contribution in [2.24, 2.45) is 0 Å². The van der Waals surface area contributed by atoms with Crippen LogP contribution in [0.5, 0.6) is 17.2 Å². The minimum absolute atomic E-state index is 0.0410. The summed E-state index contributed by atoms with van der Waals surface area (Å²) in [4.78, 5) is 10.6. The van der Waals surface area contributed by atoms with E-state index >= 15 is 0 Å². The summed E-state index contributed by atoms with van der Waals surface area (Å²) in [5, 5.41) is 25.6. The number of carbonyl (C=O) groups is 1. The maximum Gasteiger partial charge on any atom is 0.211 e. The molecule has 4 N–H and O–H groups in total. The Morgan fingerprint density at radius 1 is 0.966 bits per heavy atom. The van der Waals surface area contributed by atoms with Gasteiger partial charge in [-0.25, -0.2) is 0 Å². The van der Waals surface area contributed by atoms with Crippen LogP contribution < -0.4 is 15.4 Å². The maximum absolute atomic E-state index is 10.6. The van der Waals surface area contributed by atoms with E-state index < -0.39 is 6.10 Å². The predicted octanol–water partition coefficient (Wildman–Crippen LogP) is 3.62. The van der Waals surface area contributed by atoms with E-state index in [2.05, 4.69) is 10.6 Å². The number of phenols is 1. The quantitative estimate of drug-likeness (QED) is 0.240. The van der Waals surface area contributed by atoms with E-state index in [-0.39, 0.29) is 11.4 Å². The van der Waals surface area contributed by atoms with Crippen molar-refractivity contribution in [1.82, 2.24) is 5.32 Å². The Hall–Kier alpha value is -3.35. The third-order valence-electron chi connectivity index (χ3n) is 4.45. The van der Waals surface area contributed by atoms with Crippen LogP contribution in [0.3, 0.4) is 0 Å². The Morgan fingerprint density at radius 3 is 2.41 bits per heavy atom. The van der Waals surface area contributed by atoms with Gasteiger partial charge in [0.25, 0.3) is 0 Å². The van der Waals surface area contributed by atoms with Crippen LogP contribution in [-0.4, -0.2) is 29.7 Å². The average Bonchev–Trinajstić information content (AvgIpc) is 2.75. The van der Waals surface area contributed by atoms with Gasteiger partial charge in [-0.2, -0.15) is 0 Å². The van der Waals surface area contributed by atoms with Gasteiger partial charge in [0.2, 0.25) is 6.41 Å². The summed E-state index contributed by atoms with van der Waals surface area (Å²) in [6, 6.07) is 22.2. The molecule has 0 fully saturated rings. The molecule has 150 valence electrons. The highest BCUT2D eigenvalue weighted by Crippen LogP contribution is 2.26. The Balaban J connectivity index is 1.44. The number of aliphatic hydroxyl groups is 1. The zero-order valence-corrected chi connectivity index (χ0v) is 15.9. The van der Waals surface area contributed by atoms with Gasteiger partial charge in [-0.15, -0.1) is 0 Å². The van der Waals surface area contributed by atoms with Crippen LogP contribution in [-0.2, 0) is 11.2 Å². The number of hydrogen-bond acceptors (Lipinski definition) is 5. The fourth-order valence-electron chi connectivity index (χ4n) is 2.88. The van der Waals surface area contributed by atoms with Crippen LogP contribution in [0.15, 0.2) is 72.8 Å². The highest BCUT2D eigenvalue weighted by atomic mass is 16.5. The van der Waals surface area contributed by atoms with Gasteiger partial charge < -0.3 is 25.6 Å². The van der Waals surface area contributed by atoms with Gasteiger partial charge in [0, 0.05) is 6.54 Å². The molecule has 0 saturated carbocycles. The maximum atomic E-state index is 10.6. The van der Waals surface area contributed by atoms with Gasteiger partial charge in [-0.05, 0) is 60.5 Å². The van der Waals surface area contributed by atoms with Crippen LogP contribution in [0.4, 0.5) is 5.69 Å². The van der Waals surface area contributed by atoms with Crippen molar-refractivity contribution in [3.05, 3.63) is 83.9 Å². The molecule has 0 radical (unpaired) electrons. The molecule has 0 aliphatic heterocycles. The summed E-state index contributed by atoms with van der Waals surface area (Å²) in [6.07, 6.45) is 0.551. The Kier molecular flexibility index (Phi) is 7.22. The monoisotopic (exact) mass is 392 g/mol. The number of rotatable bonds is 10. The predicted molar refractivity (Wildman–Crippen MR) is 112 cm³/mol. The topological polar surface area (TPSA) is 90.8 Å². The lowest BCUT2D eigenvalue weighted by atomic mass is 10.1.